The van der Waals surface area contributed by atoms with E-state index in [4.69, 9.17) is 0 Å². The van der Waals surface area contributed by atoms with Gasteiger partial charge in [-0.1, -0.05) is 117 Å². The summed E-state index contributed by atoms with van der Waals surface area (Å²) in [6, 6.07) is 19.5. The molecule has 0 bridgehead atoms. The van der Waals surface area contributed by atoms with Gasteiger partial charge < -0.3 is 15.3 Å². The second kappa shape index (κ2) is 12.2. The van der Waals surface area contributed by atoms with Crippen LogP contribution in [0, 0.1) is 20.8 Å². The first kappa shape index (κ1) is 34.2. The zero-order valence-corrected chi connectivity index (χ0v) is 29.7. The van der Waals surface area contributed by atoms with Crippen molar-refractivity contribution >= 4 is 0 Å². The lowest BCUT2D eigenvalue weighted by atomic mass is 9.81. The summed E-state index contributed by atoms with van der Waals surface area (Å²) in [6.45, 7) is 25.2. The molecule has 0 saturated carbocycles. The number of rotatable bonds is 6. The minimum absolute atomic E-state index is 0.177. The first-order chi connectivity index (χ1) is 20.7. The fourth-order valence-electron chi connectivity index (χ4n) is 6.47. The Morgan fingerprint density at radius 3 is 1.02 bits per heavy atom. The quantitative estimate of drug-likeness (QED) is 0.205. The SMILES string of the molecule is Cc1cc(Cc2cccc(Cc3cc(C)c(O)c(C(C)(C)C)c3)c2Cc2cc(C)c(O)c(C(C)(C)C)c2)cc(C(C)(C)C)c1O. The molecule has 3 N–H and O–H groups in total. The molecule has 0 aliphatic heterocycles. The first-order valence-electron chi connectivity index (χ1n) is 16.3. The van der Waals surface area contributed by atoms with Crippen molar-refractivity contribution in [2.45, 2.75) is 119 Å². The topological polar surface area (TPSA) is 60.7 Å². The molecule has 45 heavy (non-hydrogen) atoms. The monoisotopic (exact) mass is 606 g/mol. The van der Waals surface area contributed by atoms with E-state index in [9.17, 15) is 15.3 Å². The molecule has 240 valence electrons. The molecular weight excluding hydrogens is 552 g/mol. The van der Waals surface area contributed by atoms with Crippen molar-refractivity contribution in [3.05, 3.63) is 121 Å². The summed E-state index contributed by atoms with van der Waals surface area (Å²) in [5.41, 5.74) is 12.4. The van der Waals surface area contributed by atoms with E-state index in [1.807, 2.05) is 20.8 Å². The highest BCUT2D eigenvalue weighted by Crippen LogP contribution is 2.38. The van der Waals surface area contributed by atoms with Gasteiger partial charge in [-0.25, -0.2) is 0 Å². The fourth-order valence-corrected chi connectivity index (χ4v) is 6.47. The smallest absolute Gasteiger partial charge is 0.122 e. The Kier molecular flexibility index (Phi) is 9.29. The molecule has 3 nitrogen and oxygen atoms in total. The van der Waals surface area contributed by atoms with Gasteiger partial charge in [-0.05, 0) is 123 Å². The van der Waals surface area contributed by atoms with Crippen molar-refractivity contribution in [1.29, 1.82) is 0 Å². The van der Waals surface area contributed by atoms with E-state index < -0.39 is 0 Å². The lowest BCUT2D eigenvalue weighted by molar-refractivity contribution is 0.441. The van der Waals surface area contributed by atoms with Crippen LogP contribution in [-0.4, -0.2) is 15.3 Å². The summed E-state index contributed by atoms with van der Waals surface area (Å²) in [7, 11) is 0. The predicted octanol–water partition coefficient (Wildman–Crippen LogP) is 10.4. The van der Waals surface area contributed by atoms with Crippen LogP contribution in [0.4, 0.5) is 0 Å². The molecule has 4 rings (SSSR count). The van der Waals surface area contributed by atoms with Crippen LogP contribution >= 0.6 is 0 Å². The third kappa shape index (κ3) is 7.57. The van der Waals surface area contributed by atoms with E-state index in [1.165, 1.54) is 33.4 Å². The minimum Gasteiger partial charge on any atom is -0.507 e. The standard InChI is InChI=1S/C42H54O3/c1-25-16-28(22-34(37(25)43)40(4,5)6)19-31-14-13-15-32(20-29-17-26(2)38(44)35(23-29)41(7,8)9)33(31)21-30-18-27(3)39(45)36(24-30)42(10,11)12/h13-18,22-24,43-45H,19-21H2,1-12H3. The molecule has 0 heterocycles. The zero-order valence-electron chi connectivity index (χ0n) is 29.7. The van der Waals surface area contributed by atoms with Gasteiger partial charge in [0, 0.05) is 0 Å². The third-order valence-electron chi connectivity index (χ3n) is 9.04. The van der Waals surface area contributed by atoms with Gasteiger partial charge in [-0.2, -0.15) is 0 Å². The number of aromatic hydroxyl groups is 3. The molecule has 0 atom stereocenters. The Morgan fingerprint density at radius 1 is 0.444 bits per heavy atom. The van der Waals surface area contributed by atoms with Crippen LogP contribution in [0.15, 0.2) is 54.6 Å². The van der Waals surface area contributed by atoms with Gasteiger partial charge in [0.05, 0.1) is 0 Å². The lowest BCUT2D eigenvalue weighted by Gasteiger charge is -2.25. The van der Waals surface area contributed by atoms with Crippen molar-refractivity contribution in [2.24, 2.45) is 0 Å². The van der Waals surface area contributed by atoms with E-state index >= 15 is 0 Å². The number of phenols is 3. The molecule has 3 heteroatoms. The van der Waals surface area contributed by atoms with Gasteiger partial charge >= 0.3 is 0 Å². The van der Waals surface area contributed by atoms with Crippen LogP contribution in [0.25, 0.3) is 0 Å². The van der Waals surface area contributed by atoms with Crippen molar-refractivity contribution in [3.63, 3.8) is 0 Å². The maximum atomic E-state index is 11.0. The van der Waals surface area contributed by atoms with Crippen LogP contribution < -0.4 is 0 Å². The van der Waals surface area contributed by atoms with Gasteiger partial charge in [0.15, 0.2) is 0 Å². The van der Waals surface area contributed by atoms with Gasteiger partial charge in [0.25, 0.3) is 0 Å². The molecule has 0 fully saturated rings. The Labute approximate surface area is 272 Å². The number of hydrogen-bond acceptors (Lipinski definition) is 3. The molecule has 0 aliphatic carbocycles. The van der Waals surface area contributed by atoms with Crippen molar-refractivity contribution in [3.8, 4) is 17.2 Å². The number of hydrogen-bond donors (Lipinski definition) is 3. The molecule has 0 spiro atoms. The molecule has 0 unspecified atom stereocenters. The molecule has 0 aliphatic rings. The van der Waals surface area contributed by atoms with Gasteiger partial charge in [0.1, 0.15) is 17.2 Å². The largest absolute Gasteiger partial charge is 0.507 e. The highest BCUT2D eigenvalue weighted by Gasteiger charge is 2.24. The van der Waals surface area contributed by atoms with Gasteiger partial charge in [0.2, 0.25) is 0 Å². The Balaban J connectivity index is 1.89. The molecule has 4 aromatic rings. The van der Waals surface area contributed by atoms with Gasteiger partial charge in [-0.15, -0.1) is 0 Å². The van der Waals surface area contributed by atoms with E-state index in [2.05, 4.69) is 117 Å². The second-order valence-electron chi connectivity index (χ2n) is 16.3. The summed E-state index contributed by atoms with van der Waals surface area (Å²) in [5, 5.41) is 32.8. The molecule has 0 saturated heterocycles. The average molecular weight is 607 g/mol. The third-order valence-corrected chi connectivity index (χ3v) is 9.04. The maximum Gasteiger partial charge on any atom is 0.122 e. The molecule has 0 radical (unpaired) electrons. The molecule has 4 aromatic carbocycles. The van der Waals surface area contributed by atoms with Crippen molar-refractivity contribution < 1.29 is 15.3 Å². The second-order valence-corrected chi connectivity index (χ2v) is 16.3. The summed E-state index contributed by atoms with van der Waals surface area (Å²) in [6.07, 6.45) is 2.24. The summed E-state index contributed by atoms with van der Waals surface area (Å²) < 4.78 is 0. The predicted molar refractivity (Wildman–Crippen MR) is 189 cm³/mol. The number of phenolic OH excluding ortho intramolecular Hbond substituents is 3. The number of aryl methyl sites for hydroxylation is 3. The molecular formula is C42H54O3. The zero-order chi connectivity index (χ0) is 33.6. The highest BCUT2D eigenvalue weighted by atomic mass is 16.3. The maximum absolute atomic E-state index is 11.0. The Hall–Kier alpha value is -3.72. The summed E-state index contributed by atoms with van der Waals surface area (Å²) >= 11 is 0. The summed E-state index contributed by atoms with van der Waals surface area (Å²) in [5.74, 6) is 1.14. The van der Waals surface area contributed by atoms with E-state index in [1.54, 1.807) is 0 Å². The normalized spacial score (nSPS) is 12.5. The molecule has 0 amide bonds. The van der Waals surface area contributed by atoms with E-state index in [0.717, 1.165) is 52.6 Å². The number of benzene rings is 4. The van der Waals surface area contributed by atoms with Crippen LogP contribution in [-0.2, 0) is 35.5 Å². The van der Waals surface area contributed by atoms with Crippen LogP contribution in [0.1, 0.15) is 129 Å². The first-order valence-corrected chi connectivity index (χ1v) is 16.3. The van der Waals surface area contributed by atoms with Crippen molar-refractivity contribution in [1.82, 2.24) is 0 Å². The Morgan fingerprint density at radius 2 is 0.733 bits per heavy atom. The van der Waals surface area contributed by atoms with E-state index in [-0.39, 0.29) is 16.2 Å². The molecule has 0 aromatic heterocycles. The summed E-state index contributed by atoms with van der Waals surface area (Å²) in [4.78, 5) is 0. The van der Waals surface area contributed by atoms with E-state index in [0.29, 0.717) is 17.2 Å². The van der Waals surface area contributed by atoms with Gasteiger partial charge in [-0.3, -0.25) is 0 Å². The highest BCUT2D eigenvalue weighted by molar-refractivity contribution is 5.53. The minimum atomic E-state index is -0.187. The van der Waals surface area contributed by atoms with Crippen molar-refractivity contribution in [2.75, 3.05) is 0 Å². The van der Waals surface area contributed by atoms with Crippen LogP contribution in [0.5, 0.6) is 17.2 Å². The lowest BCUT2D eigenvalue weighted by Crippen LogP contribution is -2.14. The van der Waals surface area contributed by atoms with Crippen LogP contribution in [0.2, 0.25) is 0 Å². The Bertz CT molecular complexity index is 1630. The fraction of sp³-hybridized carbons (Fsp3) is 0.429. The average Bonchev–Trinajstić information content (AvgIpc) is 2.89. The van der Waals surface area contributed by atoms with Crippen LogP contribution in [0.3, 0.4) is 0 Å².